The van der Waals surface area contributed by atoms with E-state index < -0.39 is 4.92 Å². The fourth-order valence-corrected chi connectivity index (χ4v) is 2.29. The zero-order valence-electron chi connectivity index (χ0n) is 11.3. The SMILES string of the molecule is CCCCN(Cc1ccc([N+](=O)[O-])c(N)c1)C1CC1. The summed E-state index contributed by atoms with van der Waals surface area (Å²) >= 11 is 0. The molecule has 0 aromatic heterocycles. The molecule has 1 aromatic rings. The van der Waals surface area contributed by atoms with Gasteiger partial charge >= 0.3 is 0 Å². The van der Waals surface area contributed by atoms with Crippen molar-refractivity contribution < 1.29 is 4.92 Å². The van der Waals surface area contributed by atoms with Gasteiger partial charge in [0.25, 0.3) is 5.69 Å². The summed E-state index contributed by atoms with van der Waals surface area (Å²) in [7, 11) is 0. The molecule has 0 atom stereocenters. The van der Waals surface area contributed by atoms with Crippen molar-refractivity contribution in [1.82, 2.24) is 4.90 Å². The Balaban J connectivity index is 2.04. The summed E-state index contributed by atoms with van der Waals surface area (Å²) in [5.74, 6) is 0. The first kappa shape index (κ1) is 13.8. The zero-order chi connectivity index (χ0) is 13.8. The third-order valence-corrected chi connectivity index (χ3v) is 3.54. The number of nitrogens with two attached hydrogens (primary N) is 1. The van der Waals surface area contributed by atoms with Crippen LogP contribution in [0.1, 0.15) is 38.2 Å². The molecule has 5 heteroatoms. The Hall–Kier alpha value is -1.62. The Labute approximate surface area is 113 Å². The predicted octanol–water partition coefficient (Wildman–Crippen LogP) is 2.94. The van der Waals surface area contributed by atoms with Gasteiger partial charge in [0.15, 0.2) is 0 Å². The second-order valence-electron chi connectivity index (χ2n) is 5.21. The van der Waals surface area contributed by atoms with Crippen molar-refractivity contribution in [1.29, 1.82) is 0 Å². The van der Waals surface area contributed by atoms with Gasteiger partial charge in [-0.3, -0.25) is 15.0 Å². The Kier molecular flexibility index (Phi) is 4.37. The first-order valence-electron chi connectivity index (χ1n) is 6.88. The lowest BCUT2D eigenvalue weighted by Crippen LogP contribution is -2.26. The molecule has 5 nitrogen and oxygen atoms in total. The van der Waals surface area contributed by atoms with E-state index in [2.05, 4.69) is 11.8 Å². The van der Waals surface area contributed by atoms with Crippen LogP contribution in [0.3, 0.4) is 0 Å². The number of unbranched alkanes of at least 4 members (excludes halogenated alkanes) is 1. The highest BCUT2D eigenvalue weighted by Gasteiger charge is 2.28. The van der Waals surface area contributed by atoms with Crippen LogP contribution in [-0.2, 0) is 6.54 Å². The molecule has 2 rings (SSSR count). The molecule has 19 heavy (non-hydrogen) atoms. The molecule has 0 saturated heterocycles. The van der Waals surface area contributed by atoms with Crippen molar-refractivity contribution in [2.75, 3.05) is 12.3 Å². The van der Waals surface area contributed by atoms with E-state index >= 15 is 0 Å². The molecule has 0 heterocycles. The van der Waals surface area contributed by atoms with Crippen molar-refractivity contribution in [2.45, 2.75) is 45.2 Å². The number of nitro groups is 1. The van der Waals surface area contributed by atoms with E-state index in [4.69, 9.17) is 5.73 Å². The predicted molar refractivity (Wildman–Crippen MR) is 75.8 cm³/mol. The van der Waals surface area contributed by atoms with E-state index in [1.54, 1.807) is 6.07 Å². The van der Waals surface area contributed by atoms with Crippen molar-refractivity contribution in [3.63, 3.8) is 0 Å². The fraction of sp³-hybridized carbons (Fsp3) is 0.571. The van der Waals surface area contributed by atoms with Crippen molar-refractivity contribution in [3.05, 3.63) is 33.9 Å². The van der Waals surface area contributed by atoms with Gasteiger partial charge in [-0.15, -0.1) is 0 Å². The Bertz CT molecular complexity index is 458. The maximum Gasteiger partial charge on any atom is 0.292 e. The minimum atomic E-state index is -0.436. The molecule has 1 fully saturated rings. The minimum absolute atomic E-state index is 0.00437. The molecule has 1 aliphatic rings. The normalized spacial score (nSPS) is 14.8. The van der Waals surface area contributed by atoms with Gasteiger partial charge in [-0.05, 0) is 37.4 Å². The van der Waals surface area contributed by atoms with E-state index in [1.165, 1.54) is 31.7 Å². The van der Waals surface area contributed by atoms with Crippen LogP contribution in [0.25, 0.3) is 0 Å². The Morgan fingerprint density at radius 1 is 1.47 bits per heavy atom. The molecule has 0 unspecified atom stereocenters. The molecule has 2 N–H and O–H groups in total. The smallest absolute Gasteiger partial charge is 0.292 e. The summed E-state index contributed by atoms with van der Waals surface area (Å²) in [4.78, 5) is 12.8. The third-order valence-electron chi connectivity index (χ3n) is 3.54. The van der Waals surface area contributed by atoms with Gasteiger partial charge in [-0.25, -0.2) is 0 Å². The molecule has 104 valence electrons. The van der Waals surface area contributed by atoms with Gasteiger partial charge in [0.2, 0.25) is 0 Å². The second kappa shape index (κ2) is 6.02. The average Bonchev–Trinajstić information content (AvgIpc) is 3.18. The quantitative estimate of drug-likeness (QED) is 0.466. The number of hydrogen-bond donors (Lipinski definition) is 1. The number of nitrogen functional groups attached to an aromatic ring is 1. The largest absolute Gasteiger partial charge is 0.393 e. The molecule has 1 aromatic carbocycles. The van der Waals surface area contributed by atoms with E-state index in [1.807, 2.05) is 6.07 Å². The van der Waals surface area contributed by atoms with Gasteiger partial charge in [-0.1, -0.05) is 19.4 Å². The summed E-state index contributed by atoms with van der Waals surface area (Å²) < 4.78 is 0. The van der Waals surface area contributed by atoms with Crippen LogP contribution in [0.5, 0.6) is 0 Å². The van der Waals surface area contributed by atoms with Gasteiger partial charge in [0.1, 0.15) is 5.69 Å². The summed E-state index contributed by atoms with van der Waals surface area (Å²) in [5.41, 5.74) is 7.04. The topological polar surface area (TPSA) is 72.4 Å². The van der Waals surface area contributed by atoms with Crippen LogP contribution in [0.15, 0.2) is 18.2 Å². The highest BCUT2D eigenvalue weighted by atomic mass is 16.6. The maximum atomic E-state index is 10.7. The number of hydrogen-bond acceptors (Lipinski definition) is 4. The highest BCUT2D eigenvalue weighted by molar-refractivity contribution is 5.59. The Morgan fingerprint density at radius 2 is 2.21 bits per heavy atom. The van der Waals surface area contributed by atoms with E-state index in [-0.39, 0.29) is 11.4 Å². The molecule has 0 spiro atoms. The Morgan fingerprint density at radius 3 is 2.74 bits per heavy atom. The number of nitro benzene ring substituents is 1. The van der Waals surface area contributed by atoms with Crippen LogP contribution in [0.2, 0.25) is 0 Å². The molecule has 0 bridgehead atoms. The monoisotopic (exact) mass is 263 g/mol. The molecule has 0 aliphatic heterocycles. The fourth-order valence-electron chi connectivity index (χ4n) is 2.29. The minimum Gasteiger partial charge on any atom is -0.393 e. The first-order chi connectivity index (χ1) is 9.11. The van der Waals surface area contributed by atoms with Crippen LogP contribution in [0.4, 0.5) is 11.4 Å². The van der Waals surface area contributed by atoms with E-state index in [9.17, 15) is 10.1 Å². The second-order valence-corrected chi connectivity index (χ2v) is 5.21. The standard InChI is InChI=1S/C14H21N3O2/c1-2-3-8-16(12-5-6-12)10-11-4-7-14(17(18)19)13(15)9-11/h4,7,9,12H,2-3,5-6,8,10,15H2,1H3. The lowest BCUT2D eigenvalue weighted by Gasteiger charge is -2.21. The number of anilines is 1. The molecule has 0 amide bonds. The highest BCUT2D eigenvalue weighted by Crippen LogP contribution is 2.30. The first-order valence-corrected chi connectivity index (χ1v) is 6.88. The van der Waals surface area contributed by atoms with Crippen molar-refractivity contribution >= 4 is 11.4 Å². The van der Waals surface area contributed by atoms with Crippen LogP contribution in [0, 0.1) is 10.1 Å². The van der Waals surface area contributed by atoms with E-state index in [0.29, 0.717) is 6.04 Å². The molecule has 1 saturated carbocycles. The lowest BCUT2D eigenvalue weighted by molar-refractivity contribution is -0.383. The summed E-state index contributed by atoms with van der Waals surface area (Å²) in [6.07, 6.45) is 4.92. The lowest BCUT2D eigenvalue weighted by atomic mass is 10.1. The van der Waals surface area contributed by atoms with Gasteiger partial charge in [0.05, 0.1) is 4.92 Å². The molecular formula is C14H21N3O2. The molecular weight excluding hydrogens is 242 g/mol. The number of rotatable bonds is 7. The van der Waals surface area contributed by atoms with Gasteiger partial charge in [-0.2, -0.15) is 0 Å². The van der Waals surface area contributed by atoms with Gasteiger partial charge < -0.3 is 5.73 Å². The summed E-state index contributed by atoms with van der Waals surface area (Å²) in [6, 6.07) is 5.76. The summed E-state index contributed by atoms with van der Waals surface area (Å²) in [6.45, 7) is 4.12. The van der Waals surface area contributed by atoms with Crippen molar-refractivity contribution in [3.8, 4) is 0 Å². The summed E-state index contributed by atoms with van der Waals surface area (Å²) in [5, 5.41) is 10.7. The molecule has 0 radical (unpaired) electrons. The van der Waals surface area contributed by atoms with Gasteiger partial charge in [0, 0.05) is 18.7 Å². The maximum absolute atomic E-state index is 10.7. The van der Waals surface area contributed by atoms with Crippen LogP contribution < -0.4 is 5.73 Å². The van der Waals surface area contributed by atoms with Crippen molar-refractivity contribution in [2.24, 2.45) is 0 Å². The molecule has 1 aliphatic carbocycles. The zero-order valence-corrected chi connectivity index (χ0v) is 11.3. The third kappa shape index (κ3) is 3.67. The number of nitrogens with zero attached hydrogens (tertiary/aromatic N) is 2. The van der Waals surface area contributed by atoms with Crippen LogP contribution in [-0.4, -0.2) is 22.4 Å². The van der Waals surface area contributed by atoms with Crippen LogP contribution >= 0.6 is 0 Å². The number of benzene rings is 1. The average molecular weight is 263 g/mol. The van der Waals surface area contributed by atoms with E-state index in [0.717, 1.165) is 18.7 Å².